The fourth-order valence-electron chi connectivity index (χ4n) is 2.66. The molecule has 0 saturated carbocycles. The van der Waals surface area contributed by atoms with Gasteiger partial charge in [0.05, 0.1) is 21.3 Å². The lowest BCUT2D eigenvalue weighted by Crippen LogP contribution is -1.99. The van der Waals surface area contributed by atoms with Crippen molar-refractivity contribution in [2.24, 2.45) is 7.05 Å². The number of hydrogen-bond acceptors (Lipinski definition) is 5. The number of aliphatic hydroxyl groups excluding tert-OH is 1. The van der Waals surface area contributed by atoms with E-state index >= 15 is 0 Å². The van der Waals surface area contributed by atoms with Crippen LogP contribution in [0.3, 0.4) is 0 Å². The molecule has 6 heteroatoms. The maximum Gasteiger partial charge on any atom is 0.173 e. The van der Waals surface area contributed by atoms with Gasteiger partial charge >= 0.3 is 0 Å². The minimum Gasteiger partial charge on any atom is -0.504 e. The van der Waals surface area contributed by atoms with Crippen molar-refractivity contribution in [3.63, 3.8) is 0 Å². The van der Waals surface area contributed by atoms with Crippen molar-refractivity contribution in [1.29, 1.82) is 5.26 Å². The second-order valence-electron chi connectivity index (χ2n) is 5.31. The highest BCUT2D eigenvalue weighted by Crippen LogP contribution is 2.31. The highest BCUT2D eigenvalue weighted by molar-refractivity contribution is 7.19. The normalized spacial score (nSPS) is 12.3. The molecule has 0 radical (unpaired) electrons. The van der Waals surface area contributed by atoms with E-state index in [0.29, 0.717) is 10.8 Å². The predicted octanol–water partition coefficient (Wildman–Crippen LogP) is 4.13. The summed E-state index contributed by atoms with van der Waals surface area (Å²) in [5, 5.41) is 20.6. The van der Waals surface area contributed by atoms with Crippen LogP contribution in [0.4, 0.5) is 0 Å². The highest BCUT2D eigenvalue weighted by Gasteiger charge is 2.19. The molecule has 0 amide bonds. The van der Waals surface area contributed by atoms with Crippen LogP contribution in [0.5, 0.6) is 0 Å². The van der Waals surface area contributed by atoms with Gasteiger partial charge < -0.3 is 9.67 Å². The molecule has 0 fully saturated rings. The first-order chi connectivity index (χ1) is 11.7. The quantitative estimate of drug-likeness (QED) is 0.442. The average molecular weight is 332 g/mol. The summed E-state index contributed by atoms with van der Waals surface area (Å²) in [6, 6.07) is 17.3. The summed E-state index contributed by atoms with van der Waals surface area (Å²) < 4.78 is 2.76. The molecule has 0 atom stereocenters. The average Bonchev–Trinajstić information content (AvgIpc) is 3.18. The van der Waals surface area contributed by atoms with Crippen LogP contribution in [0.25, 0.3) is 32.6 Å². The highest BCUT2D eigenvalue weighted by atomic mass is 32.1. The lowest BCUT2D eigenvalue weighted by molar-refractivity contribution is 0.513. The van der Waals surface area contributed by atoms with E-state index in [1.165, 1.54) is 11.3 Å². The third-order valence-electron chi connectivity index (χ3n) is 3.86. The van der Waals surface area contributed by atoms with Crippen molar-refractivity contribution >= 4 is 43.9 Å². The number of aryl methyl sites for hydroxylation is 1. The minimum atomic E-state index is -0.142. The predicted molar refractivity (Wildman–Crippen MR) is 95.4 cm³/mol. The fourth-order valence-corrected chi connectivity index (χ4v) is 3.57. The Balaban J connectivity index is 1.94. The van der Waals surface area contributed by atoms with Crippen molar-refractivity contribution < 1.29 is 5.11 Å². The van der Waals surface area contributed by atoms with Crippen molar-refractivity contribution in [1.82, 2.24) is 14.5 Å². The Labute approximate surface area is 141 Å². The molecule has 116 valence electrons. The zero-order valence-corrected chi connectivity index (χ0v) is 13.6. The number of rotatable bonds is 2. The Morgan fingerprint density at radius 2 is 1.79 bits per heavy atom. The van der Waals surface area contributed by atoms with E-state index in [2.05, 4.69) is 16.0 Å². The van der Waals surface area contributed by atoms with Gasteiger partial charge in [0.25, 0.3) is 0 Å². The molecule has 0 aliphatic rings. The number of nitriles is 1. The van der Waals surface area contributed by atoms with Crippen molar-refractivity contribution in [2.45, 2.75) is 0 Å². The van der Waals surface area contributed by atoms with Crippen LogP contribution < -0.4 is 0 Å². The van der Waals surface area contributed by atoms with Crippen LogP contribution in [0.2, 0.25) is 0 Å². The molecule has 0 aliphatic carbocycles. The van der Waals surface area contributed by atoms with E-state index in [1.54, 1.807) is 4.57 Å². The van der Waals surface area contributed by atoms with Gasteiger partial charge in [0.15, 0.2) is 16.6 Å². The first kappa shape index (κ1) is 14.4. The summed E-state index contributed by atoms with van der Waals surface area (Å²) >= 11 is 1.35. The SMILES string of the molecule is Cn1c(C(C#N)=C(O)c2nc3ccccc3s2)nc2ccccc21. The molecule has 0 spiro atoms. The van der Waals surface area contributed by atoms with Crippen LogP contribution in [0, 0.1) is 11.3 Å². The number of benzene rings is 2. The lowest BCUT2D eigenvalue weighted by atomic mass is 10.2. The van der Waals surface area contributed by atoms with Crippen LogP contribution >= 0.6 is 11.3 Å². The Kier molecular flexibility index (Phi) is 3.29. The summed E-state index contributed by atoms with van der Waals surface area (Å²) in [7, 11) is 1.83. The number of para-hydroxylation sites is 3. The van der Waals surface area contributed by atoms with Gasteiger partial charge in [-0.2, -0.15) is 5.26 Å². The lowest BCUT2D eigenvalue weighted by Gasteiger charge is -2.02. The number of thiazole rings is 1. The topological polar surface area (TPSA) is 74.7 Å². The zero-order valence-electron chi connectivity index (χ0n) is 12.8. The maximum atomic E-state index is 10.6. The van der Waals surface area contributed by atoms with E-state index in [4.69, 9.17) is 0 Å². The van der Waals surface area contributed by atoms with Gasteiger partial charge in [-0.3, -0.25) is 0 Å². The number of imidazole rings is 1. The fraction of sp³-hybridized carbons (Fsp3) is 0.0556. The molecule has 2 aromatic heterocycles. The monoisotopic (exact) mass is 332 g/mol. The molecule has 0 unspecified atom stereocenters. The van der Waals surface area contributed by atoms with Gasteiger partial charge in [0, 0.05) is 7.05 Å². The first-order valence-corrected chi connectivity index (χ1v) is 8.12. The van der Waals surface area contributed by atoms with E-state index < -0.39 is 0 Å². The van der Waals surface area contributed by atoms with E-state index in [1.807, 2.05) is 55.6 Å². The molecule has 0 bridgehead atoms. The Morgan fingerprint density at radius 3 is 2.50 bits per heavy atom. The van der Waals surface area contributed by atoms with Crippen LogP contribution in [0.1, 0.15) is 10.8 Å². The number of fused-ring (bicyclic) bond motifs is 2. The smallest absolute Gasteiger partial charge is 0.173 e. The van der Waals surface area contributed by atoms with Crippen LogP contribution in [0.15, 0.2) is 48.5 Å². The summed E-state index contributed by atoms with van der Waals surface area (Å²) in [6.45, 7) is 0. The summed E-state index contributed by atoms with van der Waals surface area (Å²) in [5.74, 6) is 0.285. The molecule has 2 heterocycles. The molecule has 4 aromatic rings. The third-order valence-corrected chi connectivity index (χ3v) is 4.90. The van der Waals surface area contributed by atoms with Crippen LogP contribution in [-0.2, 0) is 7.05 Å². The van der Waals surface area contributed by atoms with Gasteiger partial charge in [-0.25, -0.2) is 9.97 Å². The Bertz CT molecular complexity index is 1110. The first-order valence-electron chi connectivity index (χ1n) is 7.30. The number of aromatic nitrogens is 3. The molecule has 2 aromatic carbocycles. The molecule has 0 aliphatic heterocycles. The molecule has 1 N–H and O–H groups in total. The van der Waals surface area contributed by atoms with Crippen molar-refractivity contribution in [3.05, 3.63) is 59.4 Å². The number of aliphatic hydroxyl groups is 1. The number of hydrogen-bond donors (Lipinski definition) is 1. The second kappa shape index (κ2) is 5.48. The third kappa shape index (κ3) is 2.14. The van der Waals surface area contributed by atoms with Gasteiger partial charge in [-0.15, -0.1) is 11.3 Å². The number of allylic oxidation sites excluding steroid dienone is 1. The van der Waals surface area contributed by atoms with Gasteiger partial charge in [-0.1, -0.05) is 24.3 Å². The molecular formula is C18H12N4OS. The maximum absolute atomic E-state index is 10.6. The molecule has 0 saturated heterocycles. The van der Waals surface area contributed by atoms with Gasteiger partial charge in [0.2, 0.25) is 0 Å². The molecule has 4 rings (SSSR count). The van der Waals surface area contributed by atoms with E-state index in [-0.39, 0.29) is 11.3 Å². The zero-order chi connectivity index (χ0) is 16.7. The van der Waals surface area contributed by atoms with E-state index in [0.717, 1.165) is 21.3 Å². The standard InChI is InChI=1S/C18H12N4OS/c1-22-14-8-4-2-6-12(14)20-17(22)11(10-19)16(23)18-21-13-7-3-5-9-15(13)24-18/h2-9,23H,1H3. The molecule has 24 heavy (non-hydrogen) atoms. The summed E-state index contributed by atoms with van der Waals surface area (Å²) in [6.07, 6.45) is 0. The molecular weight excluding hydrogens is 320 g/mol. The number of nitrogens with zero attached hydrogens (tertiary/aromatic N) is 4. The summed E-state index contributed by atoms with van der Waals surface area (Å²) in [5.41, 5.74) is 2.59. The van der Waals surface area contributed by atoms with E-state index in [9.17, 15) is 10.4 Å². The van der Waals surface area contributed by atoms with Crippen molar-refractivity contribution in [2.75, 3.05) is 0 Å². The van der Waals surface area contributed by atoms with Gasteiger partial charge in [0.1, 0.15) is 11.6 Å². The van der Waals surface area contributed by atoms with Gasteiger partial charge in [-0.05, 0) is 24.3 Å². The largest absolute Gasteiger partial charge is 0.504 e. The summed E-state index contributed by atoms with van der Waals surface area (Å²) in [4.78, 5) is 8.90. The second-order valence-corrected chi connectivity index (χ2v) is 6.34. The molecule has 5 nitrogen and oxygen atoms in total. The van der Waals surface area contributed by atoms with Crippen molar-refractivity contribution in [3.8, 4) is 6.07 Å². The Morgan fingerprint density at radius 1 is 1.08 bits per heavy atom. The Hall–Kier alpha value is -3.17. The minimum absolute atomic E-state index is 0.118. The van der Waals surface area contributed by atoms with Crippen LogP contribution in [-0.4, -0.2) is 19.6 Å².